The summed E-state index contributed by atoms with van der Waals surface area (Å²) in [5.74, 6) is 1.61. The lowest BCUT2D eigenvalue weighted by molar-refractivity contribution is 0.137. The summed E-state index contributed by atoms with van der Waals surface area (Å²) in [6.07, 6.45) is 3.52. The summed E-state index contributed by atoms with van der Waals surface area (Å²) in [5.41, 5.74) is 2.17. The molecule has 1 fully saturated rings. The first kappa shape index (κ1) is 18.7. The van der Waals surface area contributed by atoms with Crippen LogP contribution in [0, 0.1) is 0 Å². The smallest absolute Gasteiger partial charge is 0.321 e. The lowest BCUT2D eigenvalue weighted by atomic mass is 10.1. The number of halogens is 1. The SMILES string of the molecule is O=C(N/C=C/c1ccc(Cl)cc1)N1CCN(Cc2ccc3c(c2)OCO3)CC1. The molecule has 2 heterocycles. The van der Waals surface area contributed by atoms with Gasteiger partial charge in [0.25, 0.3) is 0 Å². The fraction of sp³-hybridized carbons (Fsp3) is 0.286. The van der Waals surface area contributed by atoms with Crippen molar-refractivity contribution in [2.75, 3.05) is 33.0 Å². The number of urea groups is 1. The van der Waals surface area contributed by atoms with E-state index in [9.17, 15) is 4.79 Å². The van der Waals surface area contributed by atoms with Gasteiger partial charge in [-0.2, -0.15) is 0 Å². The normalized spacial score (nSPS) is 16.5. The molecule has 0 aliphatic carbocycles. The maximum Gasteiger partial charge on any atom is 0.321 e. The third-order valence-corrected chi connectivity index (χ3v) is 5.11. The van der Waals surface area contributed by atoms with E-state index in [4.69, 9.17) is 21.1 Å². The summed E-state index contributed by atoms with van der Waals surface area (Å²) in [6.45, 7) is 4.20. The van der Waals surface area contributed by atoms with E-state index in [0.717, 1.165) is 36.7 Å². The molecule has 2 aromatic rings. The average Bonchev–Trinajstić information content (AvgIpc) is 3.18. The van der Waals surface area contributed by atoms with Crippen LogP contribution in [0.2, 0.25) is 5.02 Å². The molecule has 0 saturated carbocycles. The van der Waals surface area contributed by atoms with Gasteiger partial charge in [-0.25, -0.2) is 4.79 Å². The summed E-state index contributed by atoms with van der Waals surface area (Å²) in [5, 5.41) is 3.53. The minimum atomic E-state index is -0.0760. The Morgan fingerprint density at radius 1 is 1.04 bits per heavy atom. The zero-order chi connectivity index (χ0) is 19.3. The Labute approximate surface area is 169 Å². The van der Waals surface area contributed by atoms with Gasteiger partial charge in [0.15, 0.2) is 11.5 Å². The molecule has 0 aromatic heterocycles. The van der Waals surface area contributed by atoms with Crippen molar-refractivity contribution in [2.24, 2.45) is 0 Å². The summed E-state index contributed by atoms with van der Waals surface area (Å²) < 4.78 is 10.8. The van der Waals surface area contributed by atoms with Gasteiger partial charge in [-0.1, -0.05) is 29.8 Å². The summed E-state index contributed by atoms with van der Waals surface area (Å²) >= 11 is 5.87. The number of carbonyl (C=O) groups is 1. The van der Waals surface area contributed by atoms with Crippen LogP contribution in [0.3, 0.4) is 0 Å². The molecule has 146 valence electrons. The Hall–Kier alpha value is -2.70. The van der Waals surface area contributed by atoms with Gasteiger partial charge < -0.3 is 19.7 Å². The predicted molar refractivity (Wildman–Crippen MR) is 108 cm³/mol. The van der Waals surface area contributed by atoms with Gasteiger partial charge in [-0.15, -0.1) is 0 Å². The van der Waals surface area contributed by atoms with Gasteiger partial charge in [0, 0.05) is 43.9 Å². The van der Waals surface area contributed by atoms with Crippen molar-refractivity contribution >= 4 is 23.7 Å². The number of nitrogens with zero attached hydrogens (tertiary/aromatic N) is 2. The van der Waals surface area contributed by atoms with E-state index in [2.05, 4.69) is 16.3 Å². The Morgan fingerprint density at radius 2 is 1.79 bits per heavy atom. The average molecular weight is 400 g/mol. The van der Waals surface area contributed by atoms with E-state index in [1.807, 2.05) is 47.4 Å². The first-order chi connectivity index (χ1) is 13.7. The van der Waals surface area contributed by atoms with E-state index in [0.29, 0.717) is 24.9 Å². The number of amides is 2. The molecule has 0 radical (unpaired) electrons. The lowest BCUT2D eigenvalue weighted by Gasteiger charge is -2.34. The second-order valence-electron chi connectivity index (χ2n) is 6.79. The Bertz CT molecular complexity index is 862. The van der Waals surface area contributed by atoms with Crippen molar-refractivity contribution in [3.8, 4) is 11.5 Å². The topological polar surface area (TPSA) is 54.0 Å². The van der Waals surface area contributed by atoms with Crippen LogP contribution in [0.25, 0.3) is 6.08 Å². The van der Waals surface area contributed by atoms with Crippen molar-refractivity contribution in [1.82, 2.24) is 15.1 Å². The molecule has 0 atom stereocenters. The minimum Gasteiger partial charge on any atom is -0.454 e. The van der Waals surface area contributed by atoms with Crippen molar-refractivity contribution in [3.63, 3.8) is 0 Å². The number of benzene rings is 2. The van der Waals surface area contributed by atoms with Gasteiger partial charge in [-0.05, 0) is 41.5 Å². The van der Waals surface area contributed by atoms with Gasteiger partial charge in [0.05, 0.1) is 0 Å². The number of hydrogen-bond acceptors (Lipinski definition) is 4. The van der Waals surface area contributed by atoms with Crippen LogP contribution in [0.4, 0.5) is 4.79 Å². The molecule has 1 N–H and O–H groups in total. The second kappa shape index (κ2) is 8.54. The number of carbonyl (C=O) groups excluding carboxylic acids is 1. The predicted octanol–water partition coefficient (Wildman–Crippen LogP) is 3.57. The first-order valence-electron chi connectivity index (χ1n) is 9.26. The monoisotopic (exact) mass is 399 g/mol. The Balaban J connectivity index is 1.23. The highest BCUT2D eigenvalue weighted by Gasteiger charge is 2.21. The number of rotatable bonds is 4. The highest BCUT2D eigenvalue weighted by atomic mass is 35.5. The van der Waals surface area contributed by atoms with Gasteiger partial charge in [-0.3, -0.25) is 4.90 Å². The van der Waals surface area contributed by atoms with E-state index < -0.39 is 0 Å². The fourth-order valence-corrected chi connectivity index (χ4v) is 3.41. The molecule has 28 heavy (non-hydrogen) atoms. The van der Waals surface area contributed by atoms with Crippen LogP contribution >= 0.6 is 11.6 Å². The number of nitrogens with one attached hydrogen (secondary N) is 1. The molecule has 0 unspecified atom stereocenters. The first-order valence-corrected chi connectivity index (χ1v) is 9.64. The molecular weight excluding hydrogens is 378 g/mol. The molecule has 0 bridgehead atoms. The van der Waals surface area contributed by atoms with Crippen LogP contribution in [0.5, 0.6) is 11.5 Å². The van der Waals surface area contributed by atoms with Crippen molar-refractivity contribution in [2.45, 2.75) is 6.54 Å². The third kappa shape index (κ3) is 4.58. The summed E-state index contributed by atoms with van der Waals surface area (Å²) in [6, 6.07) is 13.4. The van der Waals surface area contributed by atoms with Crippen molar-refractivity contribution in [3.05, 3.63) is 64.8 Å². The Kier molecular flexibility index (Phi) is 5.69. The zero-order valence-electron chi connectivity index (χ0n) is 15.4. The van der Waals surface area contributed by atoms with Gasteiger partial charge >= 0.3 is 6.03 Å². The van der Waals surface area contributed by atoms with Gasteiger partial charge in [0.1, 0.15) is 0 Å². The lowest BCUT2D eigenvalue weighted by Crippen LogP contribution is -2.50. The van der Waals surface area contributed by atoms with E-state index in [1.165, 1.54) is 5.56 Å². The van der Waals surface area contributed by atoms with E-state index in [-0.39, 0.29) is 6.03 Å². The summed E-state index contributed by atoms with van der Waals surface area (Å²) in [7, 11) is 0. The Morgan fingerprint density at radius 3 is 2.57 bits per heavy atom. The highest BCUT2D eigenvalue weighted by Crippen LogP contribution is 2.32. The molecule has 2 aliphatic heterocycles. The van der Waals surface area contributed by atoms with E-state index in [1.54, 1.807) is 6.20 Å². The summed E-state index contributed by atoms with van der Waals surface area (Å²) in [4.78, 5) is 16.5. The molecule has 2 aromatic carbocycles. The number of piperazine rings is 1. The molecule has 7 heteroatoms. The molecule has 1 saturated heterocycles. The molecule has 2 amide bonds. The quantitative estimate of drug-likeness (QED) is 0.854. The van der Waals surface area contributed by atoms with Crippen LogP contribution in [0.1, 0.15) is 11.1 Å². The largest absolute Gasteiger partial charge is 0.454 e. The molecule has 4 rings (SSSR count). The standard InChI is InChI=1S/C21H22ClN3O3/c22-18-4-1-16(2-5-18)7-8-23-21(26)25-11-9-24(10-12-25)14-17-3-6-19-20(13-17)28-15-27-19/h1-8,13H,9-12,14-15H2,(H,23,26)/b8-7+. The number of ether oxygens (including phenoxy) is 2. The van der Waals surface area contributed by atoms with E-state index >= 15 is 0 Å². The van der Waals surface area contributed by atoms with Crippen LogP contribution in [-0.2, 0) is 6.54 Å². The maximum absolute atomic E-state index is 12.3. The number of fused-ring (bicyclic) bond motifs is 1. The maximum atomic E-state index is 12.3. The van der Waals surface area contributed by atoms with Crippen LogP contribution < -0.4 is 14.8 Å². The minimum absolute atomic E-state index is 0.0760. The fourth-order valence-electron chi connectivity index (χ4n) is 3.28. The number of hydrogen-bond donors (Lipinski definition) is 1. The molecular formula is C21H22ClN3O3. The highest BCUT2D eigenvalue weighted by molar-refractivity contribution is 6.30. The molecule has 0 spiro atoms. The van der Waals surface area contributed by atoms with Gasteiger partial charge in [0.2, 0.25) is 6.79 Å². The third-order valence-electron chi connectivity index (χ3n) is 4.86. The van der Waals surface area contributed by atoms with Crippen molar-refractivity contribution < 1.29 is 14.3 Å². The molecule has 6 nitrogen and oxygen atoms in total. The molecule has 2 aliphatic rings. The van der Waals surface area contributed by atoms with Crippen LogP contribution in [0.15, 0.2) is 48.7 Å². The van der Waals surface area contributed by atoms with Crippen LogP contribution in [-0.4, -0.2) is 48.8 Å². The zero-order valence-corrected chi connectivity index (χ0v) is 16.2. The second-order valence-corrected chi connectivity index (χ2v) is 7.22. The van der Waals surface area contributed by atoms with Crippen molar-refractivity contribution in [1.29, 1.82) is 0 Å².